The van der Waals surface area contributed by atoms with Crippen molar-refractivity contribution in [2.45, 2.75) is 24.5 Å². The van der Waals surface area contributed by atoms with Crippen molar-refractivity contribution in [3.63, 3.8) is 0 Å². The number of aromatic carboxylic acids is 1. The van der Waals surface area contributed by atoms with Crippen molar-refractivity contribution in [1.29, 1.82) is 0 Å². The van der Waals surface area contributed by atoms with Gasteiger partial charge in [-0.15, -0.1) is 11.8 Å². The summed E-state index contributed by atoms with van der Waals surface area (Å²) in [6, 6.07) is 6.48. The summed E-state index contributed by atoms with van der Waals surface area (Å²) in [7, 11) is 0. The Morgan fingerprint density at radius 3 is 2.75 bits per heavy atom. The summed E-state index contributed by atoms with van der Waals surface area (Å²) in [6.07, 6.45) is 2.20. The third kappa shape index (κ3) is 2.31. The van der Waals surface area contributed by atoms with Gasteiger partial charge in [0.25, 0.3) is 0 Å². The minimum Gasteiger partial charge on any atom is -0.478 e. The molecular weight excluding hydrogens is 276 g/mol. The molecule has 1 aliphatic heterocycles. The molecule has 1 saturated heterocycles. The number of hydrogen-bond donors (Lipinski definition) is 1. The van der Waals surface area contributed by atoms with Gasteiger partial charge >= 0.3 is 5.97 Å². The summed E-state index contributed by atoms with van der Waals surface area (Å²) < 4.78 is 5.29. The molecule has 104 valence electrons. The van der Waals surface area contributed by atoms with E-state index in [1.807, 2.05) is 11.8 Å². The molecule has 3 rings (SSSR count). The molecule has 1 atom stereocenters. The average molecular weight is 290 g/mol. The maximum absolute atomic E-state index is 10.8. The molecule has 0 bridgehead atoms. The highest BCUT2D eigenvalue weighted by atomic mass is 32.2. The van der Waals surface area contributed by atoms with Crippen LogP contribution in [0.1, 0.15) is 36.0 Å². The number of aromatic nitrogens is 2. The molecule has 2 aromatic rings. The van der Waals surface area contributed by atoms with Gasteiger partial charge in [0.2, 0.25) is 11.7 Å². The zero-order valence-electron chi connectivity index (χ0n) is 11.0. The van der Waals surface area contributed by atoms with Gasteiger partial charge in [0, 0.05) is 5.56 Å². The van der Waals surface area contributed by atoms with Crippen LogP contribution in [0.5, 0.6) is 0 Å². The number of carbonyl (C=O) groups is 1. The fourth-order valence-electron chi connectivity index (χ4n) is 2.27. The minimum atomic E-state index is -0.944. The summed E-state index contributed by atoms with van der Waals surface area (Å²) in [5, 5.41) is 12.9. The maximum atomic E-state index is 10.8. The second-order valence-electron chi connectivity index (χ2n) is 4.99. The monoisotopic (exact) mass is 290 g/mol. The van der Waals surface area contributed by atoms with Crippen molar-refractivity contribution in [3.05, 3.63) is 35.7 Å². The van der Waals surface area contributed by atoms with Crippen LogP contribution in [0.2, 0.25) is 0 Å². The highest BCUT2D eigenvalue weighted by Gasteiger charge is 2.37. The van der Waals surface area contributed by atoms with Gasteiger partial charge < -0.3 is 9.63 Å². The fourth-order valence-corrected chi connectivity index (χ4v) is 3.50. The van der Waals surface area contributed by atoms with Gasteiger partial charge in [0.15, 0.2) is 0 Å². The number of carboxylic acid groups (broad SMARTS) is 1. The van der Waals surface area contributed by atoms with E-state index in [9.17, 15) is 4.79 Å². The van der Waals surface area contributed by atoms with Gasteiger partial charge in [-0.05, 0) is 37.7 Å². The molecule has 20 heavy (non-hydrogen) atoms. The predicted octanol–water partition coefficient (Wildman–Crippen LogP) is 3.18. The molecule has 1 fully saturated rings. The van der Waals surface area contributed by atoms with Gasteiger partial charge in [-0.2, -0.15) is 4.98 Å². The summed E-state index contributed by atoms with van der Waals surface area (Å²) in [5.41, 5.74) is 1.01. The first kappa shape index (κ1) is 13.2. The van der Waals surface area contributed by atoms with E-state index in [0.717, 1.165) is 24.2 Å². The van der Waals surface area contributed by atoms with Crippen molar-refractivity contribution in [2.75, 3.05) is 5.75 Å². The second-order valence-corrected chi connectivity index (χ2v) is 6.59. The van der Waals surface area contributed by atoms with Crippen LogP contribution in [-0.4, -0.2) is 27.0 Å². The Labute approximate surface area is 120 Å². The van der Waals surface area contributed by atoms with Crippen LogP contribution in [0.4, 0.5) is 0 Å². The molecule has 1 aromatic heterocycles. The highest BCUT2D eigenvalue weighted by molar-refractivity contribution is 8.00. The quantitative estimate of drug-likeness (QED) is 0.935. The topological polar surface area (TPSA) is 76.2 Å². The molecule has 0 saturated carbocycles. The maximum Gasteiger partial charge on any atom is 0.335 e. The standard InChI is InChI=1S/C14H14N2O3S/c1-14(7-2-8-20-14)13-15-11(16-19-13)9-3-5-10(6-4-9)12(17)18/h3-6H,2,7-8H2,1H3,(H,17,18). The molecule has 6 heteroatoms. The van der Waals surface area contributed by atoms with Gasteiger partial charge in [-0.25, -0.2) is 4.79 Å². The van der Waals surface area contributed by atoms with Crippen LogP contribution in [0.3, 0.4) is 0 Å². The van der Waals surface area contributed by atoms with Gasteiger partial charge in [0.05, 0.1) is 10.3 Å². The molecule has 1 aromatic carbocycles. The second kappa shape index (κ2) is 4.94. The zero-order valence-corrected chi connectivity index (χ0v) is 11.8. The smallest absolute Gasteiger partial charge is 0.335 e. The number of hydrogen-bond acceptors (Lipinski definition) is 5. The van der Waals surface area contributed by atoms with Crippen LogP contribution in [0, 0.1) is 0 Å². The Bertz CT molecular complexity index is 630. The zero-order chi connectivity index (χ0) is 14.2. The highest BCUT2D eigenvalue weighted by Crippen LogP contribution is 2.45. The lowest BCUT2D eigenvalue weighted by atomic mass is 10.1. The largest absolute Gasteiger partial charge is 0.478 e. The molecule has 1 N–H and O–H groups in total. The first-order valence-electron chi connectivity index (χ1n) is 6.40. The van der Waals surface area contributed by atoms with Crippen molar-refractivity contribution >= 4 is 17.7 Å². The third-order valence-electron chi connectivity index (χ3n) is 3.49. The molecule has 1 aliphatic rings. The van der Waals surface area contributed by atoms with E-state index >= 15 is 0 Å². The van der Waals surface area contributed by atoms with Gasteiger partial charge in [0.1, 0.15) is 0 Å². The van der Waals surface area contributed by atoms with E-state index in [1.165, 1.54) is 0 Å². The van der Waals surface area contributed by atoms with Crippen LogP contribution >= 0.6 is 11.8 Å². The molecule has 0 radical (unpaired) electrons. The van der Waals surface area contributed by atoms with Crippen molar-refractivity contribution in [2.24, 2.45) is 0 Å². The van der Waals surface area contributed by atoms with E-state index < -0.39 is 5.97 Å². The fraction of sp³-hybridized carbons (Fsp3) is 0.357. The first-order chi connectivity index (χ1) is 9.58. The normalized spacial score (nSPS) is 22.1. The van der Waals surface area contributed by atoms with E-state index in [-0.39, 0.29) is 10.3 Å². The van der Waals surface area contributed by atoms with Crippen molar-refractivity contribution in [1.82, 2.24) is 10.1 Å². The van der Waals surface area contributed by atoms with E-state index in [0.29, 0.717) is 11.7 Å². The summed E-state index contributed by atoms with van der Waals surface area (Å²) in [6.45, 7) is 2.12. The number of nitrogens with zero attached hydrogens (tertiary/aromatic N) is 2. The summed E-state index contributed by atoms with van der Waals surface area (Å²) in [4.78, 5) is 15.3. The lowest BCUT2D eigenvalue weighted by Gasteiger charge is -2.16. The SMILES string of the molecule is CC1(c2nc(-c3ccc(C(=O)O)cc3)no2)CCCS1. The van der Waals surface area contributed by atoms with Crippen LogP contribution in [0.15, 0.2) is 28.8 Å². The lowest BCUT2D eigenvalue weighted by molar-refractivity contribution is 0.0697. The van der Waals surface area contributed by atoms with Crippen LogP contribution in [-0.2, 0) is 4.75 Å². The number of carboxylic acids is 1. The minimum absolute atomic E-state index is 0.0910. The Morgan fingerprint density at radius 1 is 1.40 bits per heavy atom. The number of rotatable bonds is 3. The lowest BCUT2D eigenvalue weighted by Crippen LogP contribution is -2.12. The summed E-state index contributed by atoms with van der Waals surface area (Å²) >= 11 is 1.84. The molecule has 5 nitrogen and oxygen atoms in total. The first-order valence-corrected chi connectivity index (χ1v) is 7.39. The third-order valence-corrected chi connectivity index (χ3v) is 5.00. The Morgan fingerprint density at radius 2 is 2.15 bits per heavy atom. The van der Waals surface area contributed by atoms with Gasteiger partial charge in [-0.1, -0.05) is 17.3 Å². The van der Waals surface area contributed by atoms with E-state index in [4.69, 9.17) is 9.63 Å². The van der Waals surface area contributed by atoms with Crippen LogP contribution in [0.25, 0.3) is 11.4 Å². The Hall–Kier alpha value is -1.82. The summed E-state index contributed by atoms with van der Waals surface area (Å²) in [5.74, 6) is 1.32. The average Bonchev–Trinajstić information content (AvgIpc) is 3.08. The predicted molar refractivity (Wildman–Crippen MR) is 75.7 cm³/mol. The molecular formula is C14H14N2O3S. The van der Waals surface area contributed by atoms with Crippen LogP contribution < -0.4 is 0 Å². The van der Waals surface area contributed by atoms with Crippen molar-refractivity contribution < 1.29 is 14.4 Å². The molecule has 1 unspecified atom stereocenters. The van der Waals surface area contributed by atoms with Gasteiger partial charge in [-0.3, -0.25) is 0 Å². The Balaban J connectivity index is 1.88. The number of thioether (sulfide) groups is 1. The molecule has 0 amide bonds. The van der Waals surface area contributed by atoms with E-state index in [1.54, 1.807) is 24.3 Å². The van der Waals surface area contributed by atoms with Crippen molar-refractivity contribution in [3.8, 4) is 11.4 Å². The molecule has 0 spiro atoms. The molecule has 0 aliphatic carbocycles. The van der Waals surface area contributed by atoms with E-state index in [2.05, 4.69) is 17.1 Å². The number of benzene rings is 1. The Kier molecular flexibility index (Phi) is 3.25. The molecule has 2 heterocycles.